The van der Waals surface area contributed by atoms with Crippen molar-refractivity contribution in [2.75, 3.05) is 29.2 Å². The predicted octanol–water partition coefficient (Wildman–Crippen LogP) is 2.30. The number of hydrogen-bond donors (Lipinski definition) is 1. The van der Waals surface area contributed by atoms with Crippen molar-refractivity contribution >= 4 is 29.0 Å². The van der Waals surface area contributed by atoms with Gasteiger partial charge in [0.2, 0.25) is 5.91 Å². The molecule has 0 aromatic heterocycles. The van der Waals surface area contributed by atoms with Crippen molar-refractivity contribution in [3.63, 3.8) is 0 Å². The molecule has 1 aliphatic heterocycles. The zero-order chi connectivity index (χ0) is 12.3. The largest absolute Gasteiger partial charge is 0.399 e. The lowest BCUT2D eigenvalue weighted by atomic mass is 10.1. The molecule has 0 radical (unpaired) electrons. The summed E-state index contributed by atoms with van der Waals surface area (Å²) < 4.78 is 0. The Balaban J connectivity index is 2.33. The van der Waals surface area contributed by atoms with E-state index in [-0.39, 0.29) is 5.91 Å². The standard InChI is InChI=1S/C13H18N2OS/c1-17-8-7-15-12-6-5-11(14)9-10(12)3-2-4-13(15)16/h5-6,9H,2-4,7-8,14H2,1H3. The second-order valence-corrected chi connectivity index (χ2v) is 5.27. The van der Waals surface area contributed by atoms with Crippen LogP contribution in [0.1, 0.15) is 18.4 Å². The summed E-state index contributed by atoms with van der Waals surface area (Å²) in [6.45, 7) is 0.789. The summed E-state index contributed by atoms with van der Waals surface area (Å²) in [4.78, 5) is 14.0. The van der Waals surface area contributed by atoms with Gasteiger partial charge in [0.25, 0.3) is 0 Å². The number of fused-ring (bicyclic) bond motifs is 1. The van der Waals surface area contributed by atoms with Gasteiger partial charge in [0.1, 0.15) is 0 Å². The third kappa shape index (κ3) is 2.75. The predicted molar refractivity (Wildman–Crippen MR) is 74.5 cm³/mol. The van der Waals surface area contributed by atoms with E-state index in [4.69, 9.17) is 5.73 Å². The lowest BCUT2D eigenvalue weighted by molar-refractivity contribution is -0.118. The van der Waals surface area contributed by atoms with Crippen molar-refractivity contribution in [3.8, 4) is 0 Å². The first-order valence-electron chi connectivity index (χ1n) is 5.90. The van der Waals surface area contributed by atoms with Gasteiger partial charge >= 0.3 is 0 Å². The minimum absolute atomic E-state index is 0.238. The van der Waals surface area contributed by atoms with Gasteiger partial charge < -0.3 is 10.6 Å². The lowest BCUT2D eigenvalue weighted by Gasteiger charge is -2.22. The van der Waals surface area contributed by atoms with Crippen molar-refractivity contribution in [3.05, 3.63) is 23.8 Å². The van der Waals surface area contributed by atoms with Gasteiger partial charge in [-0.1, -0.05) is 0 Å². The fourth-order valence-corrected chi connectivity index (χ4v) is 2.56. The summed E-state index contributed by atoms with van der Waals surface area (Å²) in [6.07, 6.45) is 4.57. The fraction of sp³-hybridized carbons (Fsp3) is 0.462. The first-order valence-corrected chi connectivity index (χ1v) is 7.29. The first-order chi connectivity index (χ1) is 8.22. The summed E-state index contributed by atoms with van der Waals surface area (Å²) in [6, 6.07) is 5.86. The molecule has 17 heavy (non-hydrogen) atoms. The molecule has 1 aliphatic rings. The Morgan fingerprint density at radius 2 is 2.24 bits per heavy atom. The maximum Gasteiger partial charge on any atom is 0.227 e. The highest BCUT2D eigenvalue weighted by Crippen LogP contribution is 2.28. The maximum atomic E-state index is 12.1. The molecule has 0 atom stereocenters. The van der Waals surface area contributed by atoms with Crippen LogP contribution in [0, 0.1) is 0 Å². The second kappa shape index (κ2) is 5.45. The first kappa shape index (κ1) is 12.3. The highest BCUT2D eigenvalue weighted by molar-refractivity contribution is 7.98. The Kier molecular flexibility index (Phi) is 3.94. The normalized spacial score (nSPS) is 15.6. The Labute approximate surface area is 106 Å². The molecule has 0 spiro atoms. The number of hydrogen-bond acceptors (Lipinski definition) is 3. The average molecular weight is 250 g/mol. The van der Waals surface area contributed by atoms with E-state index in [0.29, 0.717) is 6.42 Å². The van der Waals surface area contributed by atoms with Gasteiger partial charge in [-0.05, 0) is 42.9 Å². The van der Waals surface area contributed by atoms with Crippen LogP contribution in [-0.2, 0) is 11.2 Å². The molecular formula is C13H18N2OS. The third-order valence-corrected chi connectivity index (χ3v) is 3.64. The Hall–Kier alpha value is -1.16. The second-order valence-electron chi connectivity index (χ2n) is 4.28. The molecule has 0 saturated heterocycles. The molecule has 0 aliphatic carbocycles. The number of carbonyl (C=O) groups is 1. The lowest BCUT2D eigenvalue weighted by Crippen LogP contribution is -2.32. The number of aryl methyl sites for hydroxylation is 1. The summed E-state index contributed by atoms with van der Waals surface area (Å²) >= 11 is 1.76. The van der Waals surface area contributed by atoms with E-state index in [1.807, 2.05) is 23.1 Å². The van der Waals surface area contributed by atoms with Crippen molar-refractivity contribution in [1.82, 2.24) is 0 Å². The van der Waals surface area contributed by atoms with E-state index in [1.54, 1.807) is 11.8 Å². The quantitative estimate of drug-likeness (QED) is 0.837. The molecule has 2 rings (SSSR count). The fourth-order valence-electron chi connectivity index (χ4n) is 2.20. The van der Waals surface area contributed by atoms with Crippen molar-refractivity contribution in [2.24, 2.45) is 0 Å². The van der Waals surface area contributed by atoms with Crippen LogP contribution in [0.2, 0.25) is 0 Å². The highest BCUT2D eigenvalue weighted by atomic mass is 32.2. The van der Waals surface area contributed by atoms with Crippen molar-refractivity contribution in [1.29, 1.82) is 0 Å². The molecule has 1 aromatic rings. The molecule has 4 heteroatoms. The molecule has 1 amide bonds. The topological polar surface area (TPSA) is 46.3 Å². The van der Waals surface area contributed by atoms with Crippen molar-refractivity contribution < 1.29 is 4.79 Å². The Morgan fingerprint density at radius 1 is 1.41 bits per heavy atom. The number of carbonyl (C=O) groups excluding carboxylic acids is 1. The SMILES string of the molecule is CSCCN1C(=O)CCCc2cc(N)ccc21. The molecular weight excluding hydrogens is 232 g/mol. The molecule has 0 bridgehead atoms. The monoisotopic (exact) mass is 250 g/mol. The number of amides is 1. The molecule has 1 heterocycles. The summed E-state index contributed by atoms with van der Waals surface area (Å²) in [5.74, 6) is 1.21. The van der Waals surface area contributed by atoms with Gasteiger partial charge in [0, 0.05) is 30.1 Å². The van der Waals surface area contributed by atoms with Gasteiger partial charge in [-0.2, -0.15) is 11.8 Å². The van der Waals surface area contributed by atoms with Crippen molar-refractivity contribution in [2.45, 2.75) is 19.3 Å². The zero-order valence-electron chi connectivity index (χ0n) is 10.1. The molecule has 0 fully saturated rings. The average Bonchev–Trinajstić information content (AvgIpc) is 2.45. The summed E-state index contributed by atoms with van der Waals surface area (Å²) in [7, 11) is 0. The maximum absolute atomic E-state index is 12.1. The number of nitrogen functional groups attached to an aromatic ring is 1. The van der Waals surface area contributed by atoms with Crippen LogP contribution in [-0.4, -0.2) is 24.5 Å². The highest BCUT2D eigenvalue weighted by Gasteiger charge is 2.21. The van der Waals surface area contributed by atoms with Gasteiger partial charge in [0.05, 0.1) is 0 Å². The van der Waals surface area contributed by atoms with E-state index in [0.717, 1.165) is 36.5 Å². The third-order valence-electron chi connectivity index (χ3n) is 3.05. The van der Waals surface area contributed by atoms with E-state index in [1.165, 1.54) is 5.56 Å². The molecule has 2 N–H and O–H groups in total. The van der Waals surface area contributed by atoms with Crippen LogP contribution in [0.4, 0.5) is 11.4 Å². The molecule has 3 nitrogen and oxygen atoms in total. The number of nitrogens with zero attached hydrogens (tertiary/aromatic N) is 1. The number of nitrogens with two attached hydrogens (primary N) is 1. The number of benzene rings is 1. The number of thioether (sulfide) groups is 1. The minimum atomic E-state index is 0.238. The molecule has 1 aromatic carbocycles. The van der Waals surface area contributed by atoms with E-state index >= 15 is 0 Å². The Morgan fingerprint density at radius 3 is 3.00 bits per heavy atom. The summed E-state index contributed by atoms with van der Waals surface area (Å²) in [5.41, 5.74) is 8.84. The van der Waals surface area contributed by atoms with Crippen LogP contribution in [0.15, 0.2) is 18.2 Å². The number of rotatable bonds is 3. The smallest absolute Gasteiger partial charge is 0.227 e. The van der Waals surface area contributed by atoms with Gasteiger partial charge in [-0.3, -0.25) is 4.79 Å². The van der Waals surface area contributed by atoms with Gasteiger partial charge in [-0.25, -0.2) is 0 Å². The molecule has 0 saturated carbocycles. The van der Waals surface area contributed by atoms with E-state index in [2.05, 4.69) is 6.26 Å². The van der Waals surface area contributed by atoms with E-state index in [9.17, 15) is 4.79 Å². The molecule has 92 valence electrons. The van der Waals surface area contributed by atoms with Crippen LogP contribution in [0.5, 0.6) is 0 Å². The molecule has 0 unspecified atom stereocenters. The van der Waals surface area contributed by atoms with Crippen LogP contribution in [0.3, 0.4) is 0 Å². The van der Waals surface area contributed by atoms with Gasteiger partial charge in [-0.15, -0.1) is 0 Å². The minimum Gasteiger partial charge on any atom is -0.399 e. The number of anilines is 2. The Bertz CT molecular complexity index is 420. The summed E-state index contributed by atoms with van der Waals surface area (Å²) in [5, 5.41) is 0. The van der Waals surface area contributed by atoms with E-state index < -0.39 is 0 Å². The van der Waals surface area contributed by atoms with Gasteiger partial charge in [0.15, 0.2) is 0 Å². The van der Waals surface area contributed by atoms with Crippen LogP contribution < -0.4 is 10.6 Å². The zero-order valence-corrected chi connectivity index (χ0v) is 10.9. The van der Waals surface area contributed by atoms with Crippen LogP contribution >= 0.6 is 11.8 Å². The van der Waals surface area contributed by atoms with Crippen LogP contribution in [0.25, 0.3) is 0 Å².